The molecule has 3 rings (SSSR count). The molecule has 2 aliphatic rings. The van der Waals surface area contributed by atoms with Crippen LogP contribution in [-0.2, 0) is 4.74 Å². The number of carbonyl (C=O) groups excluding carboxylic acids is 1. The van der Waals surface area contributed by atoms with Crippen LogP contribution in [-0.4, -0.2) is 84.5 Å². The van der Waals surface area contributed by atoms with Gasteiger partial charge < -0.3 is 19.4 Å². The minimum absolute atomic E-state index is 0.129. The second-order valence-electron chi connectivity index (χ2n) is 6.57. The average molecular weight is 366 g/mol. The molecular formula is C17H27N5O2S. The Hall–Kier alpha value is -1.54. The van der Waals surface area contributed by atoms with Crippen molar-refractivity contribution < 1.29 is 9.53 Å². The molecular weight excluding hydrogens is 338 g/mol. The predicted octanol–water partition coefficient (Wildman–Crippen LogP) is 1.86. The number of thioether (sulfide) groups is 1. The Balaban J connectivity index is 1.57. The number of anilines is 1. The minimum atomic E-state index is 0.129. The molecule has 0 radical (unpaired) electrons. The third-order valence-corrected chi connectivity index (χ3v) is 5.47. The first-order chi connectivity index (χ1) is 12.1. The van der Waals surface area contributed by atoms with Crippen LogP contribution in [0.5, 0.6) is 0 Å². The zero-order chi connectivity index (χ0) is 17.8. The maximum Gasteiger partial charge on any atom is 0.320 e. The first-order valence-corrected chi connectivity index (χ1v) is 10.0. The van der Waals surface area contributed by atoms with Crippen LogP contribution in [0.4, 0.5) is 10.6 Å². The third kappa shape index (κ3) is 4.36. The van der Waals surface area contributed by atoms with E-state index in [1.54, 1.807) is 11.8 Å². The van der Waals surface area contributed by atoms with Gasteiger partial charge in [0.1, 0.15) is 5.82 Å². The van der Waals surface area contributed by atoms with Crippen LogP contribution in [0, 0.1) is 6.92 Å². The molecule has 25 heavy (non-hydrogen) atoms. The number of hydrogen-bond acceptors (Lipinski definition) is 6. The first-order valence-electron chi connectivity index (χ1n) is 8.82. The van der Waals surface area contributed by atoms with Gasteiger partial charge in [-0.3, -0.25) is 0 Å². The summed E-state index contributed by atoms with van der Waals surface area (Å²) in [5, 5.41) is 0.816. The molecule has 0 aliphatic carbocycles. The van der Waals surface area contributed by atoms with Crippen LogP contribution in [0.25, 0.3) is 0 Å². The van der Waals surface area contributed by atoms with Crippen molar-refractivity contribution in [1.29, 1.82) is 0 Å². The third-order valence-electron chi connectivity index (χ3n) is 4.92. The molecule has 2 amide bonds. The van der Waals surface area contributed by atoms with E-state index in [1.807, 2.05) is 36.1 Å². The van der Waals surface area contributed by atoms with E-state index >= 15 is 0 Å². The van der Waals surface area contributed by atoms with Crippen molar-refractivity contribution in [2.24, 2.45) is 0 Å². The molecule has 0 aromatic carbocycles. The summed E-state index contributed by atoms with van der Waals surface area (Å²) in [4.78, 5) is 27.8. The van der Waals surface area contributed by atoms with Crippen LogP contribution < -0.4 is 4.90 Å². The molecule has 0 N–H and O–H groups in total. The van der Waals surface area contributed by atoms with Crippen molar-refractivity contribution in [3.8, 4) is 0 Å². The highest BCUT2D eigenvalue weighted by molar-refractivity contribution is 7.98. The largest absolute Gasteiger partial charge is 0.378 e. The van der Waals surface area contributed by atoms with Crippen molar-refractivity contribution in [3.63, 3.8) is 0 Å². The van der Waals surface area contributed by atoms with Gasteiger partial charge in [0.05, 0.1) is 13.2 Å². The molecule has 3 heterocycles. The van der Waals surface area contributed by atoms with Crippen LogP contribution in [0.1, 0.15) is 18.5 Å². The van der Waals surface area contributed by atoms with E-state index in [1.165, 1.54) is 0 Å². The molecule has 2 aliphatic heterocycles. The summed E-state index contributed by atoms with van der Waals surface area (Å²) < 4.78 is 5.33. The van der Waals surface area contributed by atoms with Gasteiger partial charge in [-0.1, -0.05) is 11.8 Å². The Morgan fingerprint density at radius 2 is 1.92 bits per heavy atom. The number of urea groups is 1. The van der Waals surface area contributed by atoms with E-state index in [4.69, 9.17) is 4.74 Å². The number of nitrogens with zero attached hydrogens (tertiary/aromatic N) is 5. The Morgan fingerprint density at radius 1 is 1.24 bits per heavy atom. The molecule has 138 valence electrons. The SMILES string of the molecule is CSc1nc(C)cc(N2CCC(N(C)C(=O)N3CCOCC3)CC2)n1. The number of piperidine rings is 1. The van der Waals surface area contributed by atoms with E-state index in [2.05, 4.69) is 14.9 Å². The zero-order valence-corrected chi connectivity index (χ0v) is 16.1. The van der Waals surface area contributed by atoms with Crippen LogP contribution >= 0.6 is 11.8 Å². The lowest BCUT2D eigenvalue weighted by atomic mass is 10.0. The Bertz CT molecular complexity index is 601. The molecule has 2 fully saturated rings. The second-order valence-corrected chi connectivity index (χ2v) is 7.34. The van der Waals surface area contributed by atoms with Gasteiger partial charge in [0.2, 0.25) is 0 Å². The summed E-state index contributed by atoms with van der Waals surface area (Å²) >= 11 is 1.57. The number of aromatic nitrogens is 2. The molecule has 0 bridgehead atoms. The summed E-state index contributed by atoms with van der Waals surface area (Å²) in [6, 6.07) is 2.46. The van der Waals surface area contributed by atoms with Gasteiger partial charge in [0.15, 0.2) is 5.16 Å². The molecule has 1 aromatic rings. The number of morpholine rings is 1. The first kappa shape index (κ1) is 18.3. The highest BCUT2D eigenvalue weighted by Crippen LogP contribution is 2.23. The summed E-state index contributed by atoms with van der Waals surface area (Å²) in [6.45, 7) is 6.50. The van der Waals surface area contributed by atoms with Crippen molar-refractivity contribution in [3.05, 3.63) is 11.8 Å². The molecule has 8 heteroatoms. The van der Waals surface area contributed by atoms with Gasteiger partial charge in [-0.2, -0.15) is 0 Å². The monoisotopic (exact) mass is 365 g/mol. The lowest BCUT2D eigenvalue weighted by Gasteiger charge is -2.39. The zero-order valence-electron chi connectivity index (χ0n) is 15.3. The van der Waals surface area contributed by atoms with E-state index in [0.29, 0.717) is 26.3 Å². The van der Waals surface area contributed by atoms with Crippen molar-refractivity contribution in [2.45, 2.75) is 31.0 Å². The topological polar surface area (TPSA) is 61.8 Å². The van der Waals surface area contributed by atoms with Crippen molar-refractivity contribution >= 4 is 23.6 Å². The molecule has 0 spiro atoms. The number of amides is 2. The Kier molecular flexibility index (Phi) is 6.01. The molecule has 0 atom stereocenters. The lowest BCUT2D eigenvalue weighted by molar-refractivity contribution is 0.0409. The van der Waals surface area contributed by atoms with Gasteiger partial charge in [-0.15, -0.1) is 0 Å². The number of carbonyl (C=O) groups is 1. The van der Waals surface area contributed by atoms with Gasteiger partial charge in [0, 0.05) is 51.0 Å². The fourth-order valence-corrected chi connectivity index (χ4v) is 3.81. The highest BCUT2D eigenvalue weighted by atomic mass is 32.2. The average Bonchev–Trinajstić information content (AvgIpc) is 2.67. The van der Waals surface area contributed by atoms with Gasteiger partial charge in [-0.25, -0.2) is 14.8 Å². The molecule has 2 saturated heterocycles. The number of hydrogen-bond donors (Lipinski definition) is 0. The molecule has 0 unspecified atom stereocenters. The molecule has 1 aromatic heterocycles. The minimum Gasteiger partial charge on any atom is -0.378 e. The van der Waals surface area contributed by atoms with E-state index in [-0.39, 0.29) is 12.1 Å². The second kappa shape index (κ2) is 8.23. The lowest BCUT2D eigenvalue weighted by Crippen LogP contribution is -2.52. The highest BCUT2D eigenvalue weighted by Gasteiger charge is 2.29. The van der Waals surface area contributed by atoms with Crippen molar-refractivity contribution in [2.75, 3.05) is 57.6 Å². The Labute approximate surface area is 153 Å². The standard InChI is InChI=1S/C17H27N5O2S/c1-13-12-15(19-16(18-13)25-3)21-6-4-14(5-7-21)20(2)17(23)22-8-10-24-11-9-22/h12,14H,4-11H2,1-3H3. The fourth-order valence-electron chi connectivity index (χ4n) is 3.39. The van der Waals surface area contributed by atoms with E-state index < -0.39 is 0 Å². The van der Waals surface area contributed by atoms with Crippen LogP contribution in [0.15, 0.2) is 11.2 Å². The Morgan fingerprint density at radius 3 is 2.56 bits per heavy atom. The number of ether oxygens (including phenoxy) is 1. The van der Waals surface area contributed by atoms with Crippen LogP contribution in [0.2, 0.25) is 0 Å². The number of rotatable bonds is 3. The summed E-state index contributed by atoms with van der Waals surface area (Å²) in [6.07, 6.45) is 3.92. The molecule has 0 saturated carbocycles. The number of aryl methyl sites for hydroxylation is 1. The van der Waals surface area contributed by atoms with E-state index in [9.17, 15) is 4.79 Å². The fraction of sp³-hybridized carbons (Fsp3) is 0.706. The summed E-state index contributed by atoms with van der Waals surface area (Å²) in [7, 11) is 1.93. The van der Waals surface area contributed by atoms with Crippen LogP contribution in [0.3, 0.4) is 0 Å². The van der Waals surface area contributed by atoms with Gasteiger partial charge >= 0.3 is 6.03 Å². The molecule has 7 nitrogen and oxygen atoms in total. The maximum absolute atomic E-state index is 12.6. The van der Waals surface area contributed by atoms with Crippen molar-refractivity contribution in [1.82, 2.24) is 19.8 Å². The predicted molar refractivity (Wildman–Crippen MR) is 99.3 cm³/mol. The van der Waals surface area contributed by atoms with Gasteiger partial charge in [-0.05, 0) is 26.0 Å². The summed E-state index contributed by atoms with van der Waals surface area (Å²) in [5.74, 6) is 0.998. The smallest absolute Gasteiger partial charge is 0.320 e. The quantitative estimate of drug-likeness (QED) is 0.602. The van der Waals surface area contributed by atoms with E-state index in [0.717, 1.165) is 42.6 Å². The van der Waals surface area contributed by atoms with Gasteiger partial charge in [0.25, 0.3) is 0 Å². The maximum atomic E-state index is 12.6. The normalized spacial score (nSPS) is 19.2. The summed E-state index contributed by atoms with van der Waals surface area (Å²) in [5.41, 5.74) is 0.996.